The number of amides is 1. The number of nitrogens with one attached hydrogen (secondary N) is 1. The second kappa shape index (κ2) is 8.26. The topological polar surface area (TPSA) is 64.1 Å². The average molecular weight is 355 g/mol. The van der Waals surface area contributed by atoms with Gasteiger partial charge in [-0.05, 0) is 38.2 Å². The lowest BCUT2D eigenvalue weighted by Gasteiger charge is -2.10. The van der Waals surface area contributed by atoms with Gasteiger partial charge in [0.25, 0.3) is 5.19 Å². The fourth-order valence-corrected chi connectivity index (χ4v) is 3.64. The minimum absolute atomic E-state index is 0.0299. The monoisotopic (exact) mass is 355 g/mol. The van der Waals surface area contributed by atoms with Crippen LogP contribution in [0.3, 0.4) is 0 Å². The third kappa shape index (κ3) is 5.47. The minimum Gasteiger partial charge on any atom is -0.466 e. The predicted molar refractivity (Wildman–Crippen MR) is 89.2 cm³/mol. The number of hydrogen-bond acceptors (Lipinski definition) is 6. The molecule has 1 aromatic carbocycles. The maximum absolute atomic E-state index is 13.5. The summed E-state index contributed by atoms with van der Waals surface area (Å²) in [6.45, 7) is 5.75. The minimum atomic E-state index is -0.360. The van der Waals surface area contributed by atoms with E-state index in [-0.39, 0.29) is 29.6 Å². The summed E-state index contributed by atoms with van der Waals surface area (Å²) >= 11 is 2.60. The molecule has 1 heterocycles. The number of rotatable bonds is 7. The molecule has 2 rings (SSSR count). The van der Waals surface area contributed by atoms with Crippen LogP contribution >= 0.6 is 23.1 Å². The van der Waals surface area contributed by atoms with Gasteiger partial charge < -0.3 is 10.1 Å². The molecule has 1 N–H and O–H groups in total. The van der Waals surface area contributed by atoms with Gasteiger partial charge in [-0.15, -0.1) is 5.10 Å². The van der Waals surface area contributed by atoms with Gasteiger partial charge in [-0.25, -0.2) is 4.39 Å². The van der Waals surface area contributed by atoms with Crippen LogP contribution in [0.1, 0.15) is 26.3 Å². The number of carbonyl (C=O) groups excluding carboxylic acids is 1. The largest absolute Gasteiger partial charge is 0.466 e. The Morgan fingerprint density at radius 2 is 2.09 bits per heavy atom. The molecule has 0 aliphatic rings. The Bertz CT molecular complexity index is 664. The van der Waals surface area contributed by atoms with Crippen molar-refractivity contribution in [3.05, 3.63) is 35.6 Å². The molecular weight excluding hydrogens is 337 g/mol. The fourth-order valence-electron chi connectivity index (χ4n) is 1.67. The number of hydrogen-bond donors (Lipinski definition) is 1. The lowest BCUT2D eigenvalue weighted by Crippen LogP contribution is -2.30. The molecule has 1 amide bonds. The van der Waals surface area contributed by atoms with Crippen molar-refractivity contribution in [3.63, 3.8) is 0 Å². The Labute approximate surface area is 142 Å². The molecule has 8 heteroatoms. The first kappa shape index (κ1) is 17.7. The molecule has 0 saturated heterocycles. The second-order valence-corrected chi connectivity index (χ2v) is 7.60. The van der Waals surface area contributed by atoms with Gasteiger partial charge in [0.15, 0.2) is 4.34 Å². The van der Waals surface area contributed by atoms with Crippen molar-refractivity contribution >= 4 is 29.0 Å². The Hall–Kier alpha value is -1.67. The van der Waals surface area contributed by atoms with E-state index in [0.717, 1.165) is 0 Å². The number of halogens is 1. The highest BCUT2D eigenvalue weighted by Gasteiger charge is 2.18. The summed E-state index contributed by atoms with van der Waals surface area (Å²) in [5.74, 6) is -0.507. The fraction of sp³-hybridized carbons (Fsp3) is 0.400. The summed E-state index contributed by atoms with van der Waals surface area (Å²) in [6.07, 6.45) is 0.0299. The molecule has 0 aliphatic carbocycles. The lowest BCUT2D eigenvalue weighted by molar-refractivity contribution is -0.120. The number of nitrogens with zero attached hydrogens (tertiary/aromatic N) is 2. The van der Waals surface area contributed by atoms with Crippen molar-refractivity contribution in [2.75, 3.05) is 0 Å². The van der Waals surface area contributed by atoms with Crippen molar-refractivity contribution < 1.29 is 13.9 Å². The molecule has 1 unspecified atom stereocenters. The molecule has 0 aliphatic heterocycles. The third-order valence-corrected chi connectivity index (χ3v) is 4.78. The second-order valence-electron chi connectivity index (χ2n) is 5.07. The van der Waals surface area contributed by atoms with E-state index in [9.17, 15) is 9.18 Å². The molecule has 0 spiro atoms. The summed E-state index contributed by atoms with van der Waals surface area (Å²) in [4.78, 5) is 12.1. The van der Waals surface area contributed by atoms with Crippen LogP contribution in [0.25, 0.3) is 0 Å². The van der Waals surface area contributed by atoms with E-state index < -0.39 is 0 Å². The molecule has 0 fully saturated rings. The zero-order valence-electron chi connectivity index (χ0n) is 13.1. The van der Waals surface area contributed by atoms with Crippen LogP contribution in [-0.2, 0) is 11.3 Å². The highest BCUT2D eigenvalue weighted by atomic mass is 32.2. The van der Waals surface area contributed by atoms with Crippen LogP contribution in [0.5, 0.6) is 5.19 Å². The molecule has 1 aromatic heterocycles. The van der Waals surface area contributed by atoms with Gasteiger partial charge in [0, 0.05) is 12.1 Å². The Kier molecular flexibility index (Phi) is 6.35. The number of carbonyl (C=O) groups is 1. The summed E-state index contributed by atoms with van der Waals surface area (Å²) in [7, 11) is 0. The molecular formula is C15H18FN3O2S2. The third-order valence-electron chi connectivity index (χ3n) is 2.78. The van der Waals surface area contributed by atoms with Crippen molar-refractivity contribution in [2.45, 2.75) is 43.0 Å². The van der Waals surface area contributed by atoms with Crippen molar-refractivity contribution in [1.29, 1.82) is 0 Å². The number of ether oxygens (including phenoxy) is 1. The van der Waals surface area contributed by atoms with Crippen LogP contribution < -0.4 is 10.1 Å². The lowest BCUT2D eigenvalue weighted by atomic mass is 10.2. The van der Waals surface area contributed by atoms with Crippen LogP contribution in [0.15, 0.2) is 28.6 Å². The van der Waals surface area contributed by atoms with Gasteiger partial charge in [-0.3, -0.25) is 4.79 Å². The van der Waals surface area contributed by atoms with Gasteiger partial charge in [-0.1, -0.05) is 35.1 Å². The maximum atomic E-state index is 13.5. The Morgan fingerprint density at radius 3 is 2.78 bits per heavy atom. The highest BCUT2D eigenvalue weighted by molar-refractivity contribution is 8.02. The van der Waals surface area contributed by atoms with E-state index in [1.807, 2.05) is 13.8 Å². The van der Waals surface area contributed by atoms with E-state index in [2.05, 4.69) is 15.5 Å². The van der Waals surface area contributed by atoms with E-state index in [0.29, 0.717) is 15.1 Å². The predicted octanol–water partition coefficient (Wildman–Crippen LogP) is 3.26. The van der Waals surface area contributed by atoms with Gasteiger partial charge in [-0.2, -0.15) is 0 Å². The smallest absolute Gasteiger partial charge is 0.295 e. The van der Waals surface area contributed by atoms with Crippen LogP contribution in [0, 0.1) is 5.82 Å². The van der Waals surface area contributed by atoms with Crippen LogP contribution in [0.2, 0.25) is 0 Å². The molecule has 0 bridgehead atoms. The molecule has 0 radical (unpaired) electrons. The van der Waals surface area contributed by atoms with Crippen molar-refractivity contribution in [3.8, 4) is 5.19 Å². The van der Waals surface area contributed by atoms with Crippen LogP contribution in [0.4, 0.5) is 4.39 Å². The van der Waals surface area contributed by atoms with E-state index in [1.165, 1.54) is 29.2 Å². The van der Waals surface area contributed by atoms with E-state index in [1.54, 1.807) is 25.1 Å². The Balaban J connectivity index is 1.85. The van der Waals surface area contributed by atoms with Crippen molar-refractivity contribution in [2.24, 2.45) is 0 Å². The van der Waals surface area contributed by atoms with Gasteiger partial charge in [0.05, 0.1) is 11.4 Å². The normalized spacial score (nSPS) is 12.2. The number of thioether (sulfide) groups is 1. The van der Waals surface area contributed by atoms with Gasteiger partial charge >= 0.3 is 0 Å². The van der Waals surface area contributed by atoms with Gasteiger partial charge in [0.1, 0.15) is 5.82 Å². The Morgan fingerprint density at radius 1 is 1.35 bits per heavy atom. The quantitative estimate of drug-likeness (QED) is 0.773. The zero-order chi connectivity index (χ0) is 16.8. The first-order valence-corrected chi connectivity index (χ1v) is 8.83. The van der Waals surface area contributed by atoms with Crippen molar-refractivity contribution in [1.82, 2.24) is 15.5 Å². The summed E-state index contributed by atoms with van der Waals surface area (Å²) in [5, 5.41) is 10.8. The van der Waals surface area contributed by atoms with E-state index in [4.69, 9.17) is 4.74 Å². The van der Waals surface area contributed by atoms with E-state index >= 15 is 0 Å². The molecule has 0 saturated carbocycles. The SMILES string of the molecule is CC(C)Oc1nnc(SC(C)C(=O)NCc2ccccc2F)s1. The molecule has 5 nitrogen and oxygen atoms in total. The van der Waals surface area contributed by atoms with Gasteiger partial charge in [0.2, 0.25) is 5.91 Å². The summed E-state index contributed by atoms with van der Waals surface area (Å²) in [6, 6.07) is 6.37. The first-order chi connectivity index (χ1) is 11.0. The standard InChI is InChI=1S/C15H18FN3O2S2/c1-9(2)21-14-18-19-15(23-14)22-10(3)13(20)17-8-11-6-4-5-7-12(11)16/h4-7,9-10H,8H2,1-3H3,(H,17,20). The molecule has 1 atom stereocenters. The number of benzene rings is 1. The zero-order valence-corrected chi connectivity index (χ0v) is 14.7. The first-order valence-electron chi connectivity index (χ1n) is 7.13. The molecule has 23 heavy (non-hydrogen) atoms. The molecule has 2 aromatic rings. The summed E-state index contributed by atoms with van der Waals surface area (Å²) in [5.41, 5.74) is 0.460. The molecule has 124 valence electrons. The van der Waals surface area contributed by atoms with Crippen LogP contribution in [-0.4, -0.2) is 27.5 Å². The average Bonchev–Trinajstić information content (AvgIpc) is 2.92. The highest BCUT2D eigenvalue weighted by Crippen LogP contribution is 2.30. The summed E-state index contributed by atoms with van der Waals surface area (Å²) < 4.78 is 19.6. The maximum Gasteiger partial charge on any atom is 0.295 e. The number of aromatic nitrogens is 2.